The normalized spacial score (nSPS) is 35.3. The highest BCUT2D eigenvalue weighted by atomic mass is 16.5. The molecule has 2 aromatic carbocycles. The maximum absolute atomic E-state index is 6.81. The van der Waals surface area contributed by atoms with Crippen molar-refractivity contribution >= 4 is 0 Å². The minimum Gasteiger partial charge on any atom is -0.381 e. The molecule has 2 aromatic rings. The zero-order valence-electron chi connectivity index (χ0n) is 43.9. The zero-order valence-corrected chi connectivity index (χ0v) is 43.9. The predicted molar refractivity (Wildman–Crippen MR) is 263 cm³/mol. The van der Waals surface area contributed by atoms with Crippen molar-refractivity contribution in [2.45, 2.75) is 216 Å². The van der Waals surface area contributed by atoms with Crippen LogP contribution < -0.4 is 0 Å². The average molecular weight is 837 g/mol. The number of ether oxygens (including phenoxy) is 2. The first kappa shape index (κ1) is 48.8. The number of hydrogen-bond acceptors (Lipinski definition) is 2. The largest absolute Gasteiger partial charge is 0.381 e. The summed E-state index contributed by atoms with van der Waals surface area (Å²) in [6.45, 7) is 49.1. The molecule has 4 saturated carbocycles. The predicted octanol–water partition coefficient (Wildman–Crippen LogP) is 16.1. The summed E-state index contributed by atoms with van der Waals surface area (Å²) in [5.74, 6) is 7.53. The van der Waals surface area contributed by atoms with Gasteiger partial charge in [0.05, 0.1) is 12.2 Å². The standard InChI is InChI=1S/C59H96O2/c1-34-23-46-44(32-48(58(15,16)17)52(60-21)50(46)36-25-38(54(3,4)5)29-39(26-36)55(6,7)8)42(34)31-43-35(2)24-47-45(43)33-49(59(18,19)20)53(61-22)51(47)37-27-40(56(9,10)11)30-41(28-37)57(12,13)14/h25-30,34-35,42-53H,23-24,31-33H2,1-22H3. The molecule has 0 bridgehead atoms. The lowest BCUT2D eigenvalue weighted by Gasteiger charge is -2.52. The number of benzene rings is 2. The minimum atomic E-state index is 0.0870. The molecule has 344 valence electrons. The Labute approximate surface area is 378 Å². The van der Waals surface area contributed by atoms with Crippen LogP contribution in [0.3, 0.4) is 0 Å². The van der Waals surface area contributed by atoms with Crippen molar-refractivity contribution in [2.75, 3.05) is 14.2 Å². The Hall–Kier alpha value is -1.64. The highest BCUT2D eigenvalue weighted by molar-refractivity contribution is 5.42. The molecule has 14 atom stereocenters. The number of methoxy groups -OCH3 is 2. The van der Waals surface area contributed by atoms with Crippen LogP contribution in [0.2, 0.25) is 0 Å². The number of fused-ring (bicyclic) bond motifs is 2. The topological polar surface area (TPSA) is 18.5 Å². The van der Waals surface area contributed by atoms with Gasteiger partial charge in [0, 0.05) is 26.1 Å². The Bertz CT molecular complexity index is 1620. The van der Waals surface area contributed by atoms with E-state index in [9.17, 15) is 0 Å². The summed E-state index contributed by atoms with van der Waals surface area (Å²) >= 11 is 0. The summed E-state index contributed by atoms with van der Waals surface area (Å²) in [5.41, 5.74) is 9.69. The van der Waals surface area contributed by atoms with Crippen LogP contribution in [0.15, 0.2) is 36.4 Å². The fourth-order valence-electron chi connectivity index (χ4n) is 14.1. The van der Waals surface area contributed by atoms with E-state index in [2.05, 4.69) is 175 Å². The van der Waals surface area contributed by atoms with E-state index in [0.29, 0.717) is 35.5 Å². The van der Waals surface area contributed by atoms with Crippen molar-refractivity contribution in [1.82, 2.24) is 0 Å². The van der Waals surface area contributed by atoms with Gasteiger partial charge in [-0.3, -0.25) is 0 Å². The van der Waals surface area contributed by atoms with Gasteiger partial charge in [0.2, 0.25) is 0 Å². The van der Waals surface area contributed by atoms with Gasteiger partial charge in [0.25, 0.3) is 0 Å². The van der Waals surface area contributed by atoms with Gasteiger partial charge in [-0.25, -0.2) is 0 Å². The minimum absolute atomic E-state index is 0.0870. The maximum atomic E-state index is 6.81. The Morgan fingerprint density at radius 1 is 0.410 bits per heavy atom. The molecule has 14 unspecified atom stereocenters. The van der Waals surface area contributed by atoms with Gasteiger partial charge < -0.3 is 9.47 Å². The lowest BCUT2D eigenvalue weighted by atomic mass is 9.56. The molecule has 0 saturated heterocycles. The summed E-state index contributed by atoms with van der Waals surface area (Å²) < 4.78 is 13.6. The molecule has 0 heterocycles. The van der Waals surface area contributed by atoms with Crippen LogP contribution in [0.4, 0.5) is 0 Å². The van der Waals surface area contributed by atoms with Crippen LogP contribution in [0.5, 0.6) is 0 Å². The monoisotopic (exact) mass is 837 g/mol. The summed E-state index contributed by atoms with van der Waals surface area (Å²) in [6, 6.07) is 15.5. The number of hydrogen-bond donors (Lipinski definition) is 0. The van der Waals surface area contributed by atoms with Gasteiger partial charge >= 0.3 is 0 Å². The molecule has 0 N–H and O–H groups in total. The molecule has 4 aliphatic rings. The molecule has 0 aromatic heterocycles. The first-order valence-corrected chi connectivity index (χ1v) is 25.1. The third-order valence-electron chi connectivity index (χ3n) is 17.9. The van der Waals surface area contributed by atoms with Gasteiger partial charge in [0.15, 0.2) is 0 Å². The molecule has 2 heteroatoms. The highest BCUT2D eigenvalue weighted by Crippen LogP contribution is 2.65. The van der Waals surface area contributed by atoms with Gasteiger partial charge in [-0.15, -0.1) is 0 Å². The molecule has 0 aliphatic heterocycles. The summed E-state index contributed by atoms with van der Waals surface area (Å²) in [6.07, 6.45) is 7.08. The highest BCUT2D eigenvalue weighted by Gasteiger charge is 2.59. The second-order valence-electron chi connectivity index (χ2n) is 28.2. The van der Waals surface area contributed by atoms with Crippen LogP contribution >= 0.6 is 0 Å². The molecule has 61 heavy (non-hydrogen) atoms. The molecule has 0 spiro atoms. The maximum Gasteiger partial charge on any atom is 0.0675 e. The fraction of sp³-hybridized carbons (Fsp3) is 0.797. The lowest BCUT2D eigenvalue weighted by Crippen LogP contribution is -2.48. The van der Waals surface area contributed by atoms with Crippen molar-refractivity contribution in [1.29, 1.82) is 0 Å². The quantitative estimate of drug-likeness (QED) is 0.289. The van der Waals surface area contributed by atoms with Crippen LogP contribution in [0, 0.1) is 70.0 Å². The molecule has 4 aliphatic carbocycles. The molecule has 2 nitrogen and oxygen atoms in total. The van der Waals surface area contributed by atoms with Crippen LogP contribution in [-0.4, -0.2) is 26.4 Å². The summed E-state index contributed by atoms with van der Waals surface area (Å²) in [7, 11) is 4.07. The smallest absolute Gasteiger partial charge is 0.0675 e. The van der Waals surface area contributed by atoms with Crippen molar-refractivity contribution in [3.8, 4) is 0 Å². The third-order valence-corrected chi connectivity index (χ3v) is 17.9. The van der Waals surface area contributed by atoms with E-state index in [1.54, 1.807) is 11.1 Å². The van der Waals surface area contributed by atoms with E-state index in [1.807, 2.05) is 14.2 Å². The van der Waals surface area contributed by atoms with Crippen LogP contribution in [0.25, 0.3) is 0 Å². The fourth-order valence-corrected chi connectivity index (χ4v) is 14.1. The Morgan fingerprint density at radius 3 is 0.918 bits per heavy atom. The van der Waals surface area contributed by atoms with Gasteiger partial charge in [-0.2, -0.15) is 0 Å². The molecule has 0 radical (unpaired) electrons. The van der Waals surface area contributed by atoms with Gasteiger partial charge in [0.1, 0.15) is 0 Å². The molecule has 6 rings (SSSR count). The van der Waals surface area contributed by atoms with E-state index in [4.69, 9.17) is 9.47 Å². The van der Waals surface area contributed by atoms with E-state index < -0.39 is 0 Å². The summed E-state index contributed by atoms with van der Waals surface area (Å²) in [4.78, 5) is 0. The average Bonchev–Trinajstić information content (AvgIpc) is 3.61. The Kier molecular flexibility index (Phi) is 13.3. The van der Waals surface area contributed by atoms with Crippen molar-refractivity contribution in [3.05, 3.63) is 69.8 Å². The second kappa shape index (κ2) is 16.7. The van der Waals surface area contributed by atoms with Gasteiger partial charge in [-0.05, 0) is 157 Å². The molecule has 0 amide bonds. The molecule has 4 fully saturated rings. The summed E-state index contributed by atoms with van der Waals surface area (Å²) in [5, 5.41) is 0. The molecular formula is C59H96O2. The SMILES string of the molecule is COC1C(c2cc(C(C)(C)C)cc(C(C)(C)C)c2)C2CC(C)C(CC3C(C)CC4C3CC(C(C)(C)C)C(OC)C4c3cc(C(C)(C)C)cc(C(C)(C)C)c3)C2CC1C(C)(C)C. The Balaban J connectivity index is 1.43. The lowest BCUT2D eigenvalue weighted by molar-refractivity contribution is -0.0816. The zero-order chi connectivity index (χ0) is 45.7. The van der Waals surface area contributed by atoms with Crippen molar-refractivity contribution < 1.29 is 9.47 Å². The molecular weight excluding hydrogens is 741 g/mol. The van der Waals surface area contributed by atoms with Crippen molar-refractivity contribution in [2.24, 2.45) is 70.0 Å². The number of rotatable bonds is 6. The first-order valence-electron chi connectivity index (χ1n) is 25.1. The van der Waals surface area contributed by atoms with Crippen LogP contribution in [0.1, 0.15) is 216 Å². The Morgan fingerprint density at radius 2 is 0.689 bits per heavy atom. The second-order valence-corrected chi connectivity index (χ2v) is 28.2. The third kappa shape index (κ3) is 9.68. The van der Waals surface area contributed by atoms with E-state index in [0.717, 1.165) is 35.5 Å². The first-order chi connectivity index (χ1) is 27.8. The van der Waals surface area contributed by atoms with E-state index in [1.165, 1.54) is 54.4 Å². The van der Waals surface area contributed by atoms with Crippen LogP contribution in [-0.2, 0) is 31.1 Å². The van der Waals surface area contributed by atoms with E-state index in [-0.39, 0.29) is 44.7 Å². The van der Waals surface area contributed by atoms with E-state index >= 15 is 0 Å². The van der Waals surface area contributed by atoms with Gasteiger partial charge in [-0.1, -0.05) is 175 Å². The van der Waals surface area contributed by atoms with Crippen molar-refractivity contribution in [3.63, 3.8) is 0 Å².